The fraction of sp³-hybridized carbons (Fsp3) is 0.385. The molecule has 1 aromatic rings. The summed E-state index contributed by atoms with van der Waals surface area (Å²) < 4.78 is 0. The molecule has 0 unspecified atom stereocenters. The number of benzene rings is 1. The molecule has 1 heteroatoms. The first kappa shape index (κ1) is 11.0. The number of hydrogen-bond acceptors (Lipinski definition) is 1. The maximum Gasteiger partial charge on any atom is 0.0202 e. The zero-order valence-electron chi connectivity index (χ0n) is 9.09. The zero-order chi connectivity index (χ0) is 10.2. The Bertz CT molecular complexity index is 272. The highest BCUT2D eigenvalue weighted by Crippen LogP contribution is 2.05. The first-order valence-electron chi connectivity index (χ1n) is 5.24. The molecule has 0 heterocycles. The minimum Gasteiger partial charge on any atom is -0.316 e. The van der Waals surface area contributed by atoms with E-state index in [0.717, 1.165) is 19.4 Å². The van der Waals surface area contributed by atoms with E-state index in [0.29, 0.717) is 0 Å². The van der Waals surface area contributed by atoms with E-state index in [-0.39, 0.29) is 0 Å². The second kappa shape index (κ2) is 6.39. The summed E-state index contributed by atoms with van der Waals surface area (Å²) in [4.78, 5) is 0. The van der Waals surface area contributed by atoms with Crippen LogP contribution in [0.15, 0.2) is 36.4 Å². The fourth-order valence-electron chi connectivity index (χ4n) is 1.38. The molecule has 0 saturated carbocycles. The predicted molar refractivity (Wildman–Crippen MR) is 62.3 cm³/mol. The summed E-state index contributed by atoms with van der Waals surface area (Å²) in [6.07, 6.45) is 6.61. The van der Waals surface area contributed by atoms with Gasteiger partial charge >= 0.3 is 0 Å². The Hall–Kier alpha value is -1.08. The van der Waals surface area contributed by atoms with Crippen LogP contribution in [0.4, 0.5) is 0 Å². The van der Waals surface area contributed by atoms with E-state index in [4.69, 9.17) is 0 Å². The Morgan fingerprint density at radius 3 is 2.29 bits per heavy atom. The van der Waals surface area contributed by atoms with Crippen LogP contribution < -0.4 is 5.32 Å². The Balaban J connectivity index is 2.50. The topological polar surface area (TPSA) is 12.0 Å². The van der Waals surface area contributed by atoms with Gasteiger partial charge < -0.3 is 5.32 Å². The van der Waals surface area contributed by atoms with E-state index < -0.39 is 0 Å². The molecule has 1 nitrogen and oxygen atoms in total. The first-order valence-corrected chi connectivity index (χ1v) is 5.24. The molecule has 0 spiro atoms. The van der Waals surface area contributed by atoms with Gasteiger partial charge in [0, 0.05) is 6.54 Å². The van der Waals surface area contributed by atoms with Crippen molar-refractivity contribution in [1.29, 1.82) is 0 Å². The quantitative estimate of drug-likeness (QED) is 0.702. The van der Waals surface area contributed by atoms with Crippen LogP contribution in [-0.4, -0.2) is 7.05 Å². The van der Waals surface area contributed by atoms with Gasteiger partial charge in [-0.05, 0) is 31.0 Å². The SMILES string of the molecule is CCC=CCc1ccc(CNC)cc1. The Morgan fingerprint density at radius 1 is 1.07 bits per heavy atom. The molecule has 0 aliphatic heterocycles. The summed E-state index contributed by atoms with van der Waals surface area (Å²) in [6, 6.07) is 8.77. The Kier molecular flexibility index (Phi) is 5.02. The second-order valence-corrected chi connectivity index (χ2v) is 3.43. The predicted octanol–water partition coefficient (Wildman–Crippen LogP) is 2.91. The van der Waals surface area contributed by atoms with Gasteiger partial charge in [0.1, 0.15) is 0 Å². The molecule has 0 radical (unpaired) electrons. The van der Waals surface area contributed by atoms with Crippen molar-refractivity contribution >= 4 is 0 Å². The van der Waals surface area contributed by atoms with Crippen LogP contribution in [0.1, 0.15) is 24.5 Å². The molecule has 0 aliphatic carbocycles. The molecule has 14 heavy (non-hydrogen) atoms. The van der Waals surface area contributed by atoms with Gasteiger partial charge in [-0.1, -0.05) is 43.3 Å². The molecular formula is C13H19N. The number of nitrogens with one attached hydrogen (secondary N) is 1. The normalized spacial score (nSPS) is 11.0. The van der Waals surface area contributed by atoms with Crippen molar-refractivity contribution in [3.63, 3.8) is 0 Å². The van der Waals surface area contributed by atoms with E-state index in [9.17, 15) is 0 Å². The van der Waals surface area contributed by atoms with Gasteiger partial charge in [0.05, 0.1) is 0 Å². The van der Waals surface area contributed by atoms with Crippen LogP contribution in [0.2, 0.25) is 0 Å². The van der Waals surface area contributed by atoms with Crippen molar-refractivity contribution < 1.29 is 0 Å². The maximum absolute atomic E-state index is 3.14. The highest BCUT2D eigenvalue weighted by molar-refractivity contribution is 5.24. The summed E-state index contributed by atoms with van der Waals surface area (Å²) in [5.74, 6) is 0. The number of hydrogen-bond donors (Lipinski definition) is 1. The van der Waals surface area contributed by atoms with Crippen LogP contribution in [0.25, 0.3) is 0 Å². The van der Waals surface area contributed by atoms with Crippen molar-refractivity contribution in [1.82, 2.24) is 5.32 Å². The summed E-state index contributed by atoms with van der Waals surface area (Å²) in [7, 11) is 1.97. The molecule has 1 aromatic carbocycles. The van der Waals surface area contributed by atoms with Gasteiger partial charge in [0.25, 0.3) is 0 Å². The molecule has 0 amide bonds. The lowest BCUT2D eigenvalue weighted by Gasteiger charge is -2.01. The molecule has 0 saturated heterocycles. The van der Waals surface area contributed by atoms with E-state index in [2.05, 4.69) is 48.7 Å². The maximum atomic E-state index is 3.14. The van der Waals surface area contributed by atoms with Crippen LogP contribution in [0, 0.1) is 0 Å². The fourth-order valence-corrected chi connectivity index (χ4v) is 1.38. The van der Waals surface area contributed by atoms with Gasteiger partial charge in [0.2, 0.25) is 0 Å². The van der Waals surface area contributed by atoms with Gasteiger partial charge in [-0.3, -0.25) is 0 Å². The van der Waals surface area contributed by atoms with Gasteiger partial charge in [-0.15, -0.1) is 0 Å². The lowest BCUT2D eigenvalue weighted by molar-refractivity contribution is 0.817. The molecular weight excluding hydrogens is 170 g/mol. The third-order valence-corrected chi connectivity index (χ3v) is 2.16. The van der Waals surface area contributed by atoms with E-state index in [1.54, 1.807) is 0 Å². The van der Waals surface area contributed by atoms with Crippen LogP contribution in [0.3, 0.4) is 0 Å². The molecule has 1 N–H and O–H groups in total. The van der Waals surface area contributed by atoms with Crippen molar-refractivity contribution in [2.75, 3.05) is 7.05 Å². The molecule has 0 atom stereocenters. The highest BCUT2D eigenvalue weighted by Gasteiger charge is 1.91. The lowest BCUT2D eigenvalue weighted by atomic mass is 10.1. The zero-order valence-corrected chi connectivity index (χ0v) is 9.09. The molecule has 0 bridgehead atoms. The van der Waals surface area contributed by atoms with Crippen molar-refractivity contribution in [3.05, 3.63) is 47.5 Å². The van der Waals surface area contributed by atoms with E-state index >= 15 is 0 Å². The van der Waals surface area contributed by atoms with E-state index in [1.165, 1.54) is 11.1 Å². The van der Waals surface area contributed by atoms with Crippen LogP contribution in [0.5, 0.6) is 0 Å². The first-order chi connectivity index (χ1) is 6.86. The number of rotatable bonds is 5. The molecule has 0 aromatic heterocycles. The Morgan fingerprint density at radius 2 is 1.71 bits per heavy atom. The van der Waals surface area contributed by atoms with Crippen molar-refractivity contribution in [3.8, 4) is 0 Å². The average molecular weight is 189 g/mol. The Labute approximate surface area is 86.8 Å². The van der Waals surface area contributed by atoms with Gasteiger partial charge in [-0.25, -0.2) is 0 Å². The van der Waals surface area contributed by atoms with Crippen LogP contribution >= 0.6 is 0 Å². The summed E-state index contributed by atoms with van der Waals surface area (Å²) in [5, 5.41) is 3.14. The third kappa shape index (κ3) is 3.75. The lowest BCUT2D eigenvalue weighted by Crippen LogP contribution is -2.04. The average Bonchev–Trinajstić information content (AvgIpc) is 2.21. The summed E-state index contributed by atoms with van der Waals surface area (Å²) >= 11 is 0. The van der Waals surface area contributed by atoms with E-state index in [1.807, 2.05) is 7.05 Å². The van der Waals surface area contributed by atoms with Crippen molar-refractivity contribution in [2.24, 2.45) is 0 Å². The molecule has 76 valence electrons. The highest BCUT2D eigenvalue weighted by atomic mass is 14.8. The second-order valence-electron chi connectivity index (χ2n) is 3.43. The standard InChI is InChI=1S/C13H19N/c1-3-4-5-6-12-7-9-13(10-8-12)11-14-2/h4-5,7-10,14H,3,6,11H2,1-2H3. The summed E-state index contributed by atoms with van der Waals surface area (Å²) in [5.41, 5.74) is 2.73. The summed E-state index contributed by atoms with van der Waals surface area (Å²) in [6.45, 7) is 3.11. The molecule has 1 rings (SSSR count). The van der Waals surface area contributed by atoms with Gasteiger partial charge in [-0.2, -0.15) is 0 Å². The monoisotopic (exact) mass is 189 g/mol. The molecule has 0 fully saturated rings. The van der Waals surface area contributed by atoms with Gasteiger partial charge in [0.15, 0.2) is 0 Å². The third-order valence-electron chi connectivity index (χ3n) is 2.16. The smallest absolute Gasteiger partial charge is 0.0202 e. The minimum atomic E-state index is 0.949. The molecule has 0 aliphatic rings. The number of allylic oxidation sites excluding steroid dienone is 2. The van der Waals surface area contributed by atoms with Crippen LogP contribution in [-0.2, 0) is 13.0 Å². The largest absolute Gasteiger partial charge is 0.316 e. The minimum absolute atomic E-state index is 0.949. The van der Waals surface area contributed by atoms with Crippen molar-refractivity contribution in [2.45, 2.75) is 26.3 Å².